The number of ether oxygens (including phenoxy) is 1. The predicted octanol–water partition coefficient (Wildman–Crippen LogP) is 2.87. The summed E-state index contributed by atoms with van der Waals surface area (Å²) >= 11 is 0. The summed E-state index contributed by atoms with van der Waals surface area (Å²) in [6.07, 6.45) is -4.17. The molecule has 0 fully saturated rings. The summed E-state index contributed by atoms with van der Waals surface area (Å²) in [4.78, 5) is 0. The molecule has 0 spiro atoms. The molecular formula is C14H16F3N3O. The average Bonchev–Trinajstić information content (AvgIpc) is 2.69. The van der Waals surface area contributed by atoms with E-state index in [0.29, 0.717) is 6.42 Å². The topological polar surface area (TPSA) is 53.1 Å². The van der Waals surface area contributed by atoms with Crippen molar-refractivity contribution in [1.29, 1.82) is 0 Å². The van der Waals surface area contributed by atoms with Crippen molar-refractivity contribution in [2.75, 3.05) is 0 Å². The van der Waals surface area contributed by atoms with Crippen molar-refractivity contribution >= 4 is 0 Å². The van der Waals surface area contributed by atoms with E-state index in [4.69, 9.17) is 5.73 Å². The molecule has 0 saturated heterocycles. The molecule has 1 aromatic heterocycles. The fourth-order valence-corrected chi connectivity index (χ4v) is 2.16. The van der Waals surface area contributed by atoms with Crippen molar-refractivity contribution in [2.45, 2.75) is 25.7 Å². The predicted molar refractivity (Wildman–Crippen MR) is 71.7 cm³/mol. The Bertz CT molecular complexity index is 605. The fourth-order valence-electron chi connectivity index (χ4n) is 2.16. The van der Waals surface area contributed by atoms with Gasteiger partial charge in [-0.15, -0.1) is 13.2 Å². The Labute approximate surface area is 120 Å². The van der Waals surface area contributed by atoms with Crippen LogP contribution >= 0.6 is 0 Å². The van der Waals surface area contributed by atoms with Crippen molar-refractivity contribution in [1.82, 2.24) is 9.78 Å². The highest BCUT2D eigenvalue weighted by Gasteiger charge is 2.30. The fraction of sp³-hybridized carbons (Fsp3) is 0.357. The molecule has 1 heterocycles. The van der Waals surface area contributed by atoms with Crippen LogP contribution in [0.2, 0.25) is 0 Å². The smallest absolute Gasteiger partial charge is 0.406 e. The summed E-state index contributed by atoms with van der Waals surface area (Å²) in [5, 5.41) is 4.22. The van der Waals surface area contributed by atoms with E-state index in [9.17, 15) is 13.2 Å². The van der Waals surface area contributed by atoms with Gasteiger partial charge in [-0.1, -0.05) is 12.1 Å². The van der Waals surface area contributed by atoms with Crippen molar-refractivity contribution in [3.8, 4) is 5.75 Å². The van der Waals surface area contributed by atoms with Crippen LogP contribution in [-0.4, -0.2) is 16.1 Å². The summed E-state index contributed by atoms with van der Waals surface area (Å²) in [5.41, 5.74) is 8.69. The van der Waals surface area contributed by atoms with Crippen molar-refractivity contribution in [2.24, 2.45) is 12.8 Å². The zero-order valence-corrected chi connectivity index (χ0v) is 11.7. The van der Waals surface area contributed by atoms with E-state index in [1.165, 1.54) is 12.1 Å². The molecule has 2 rings (SSSR count). The minimum atomic E-state index is -4.68. The van der Waals surface area contributed by atoms with Gasteiger partial charge in [0, 0.05) is 7.05 Å². The molecule has 21 heavy (non-hydrogen) atoms. The molecule has 1 unspecified atom stereocenters. The minimum absolute atomic E-state index is 0.240. The number of nitrogens with two attached hydrogens (primary N) is 1. The van der Waals surface area contributed by atoms with Crippen molar-refractivity contribution in [3.05, 3.63) is 47.3 Å². The minimum Gasteiger partial charge on any atom is -0.406 e. The third-order valence-electron chi connectivity index (χ3n) is 3.03. The molecule has 1 aromatic carbocycles. The SMILES string of the molecule is Cc1cc(C(N)Cc2ccc(OC(F)(F)F)cc2)n(C)n1. The molecule has 2 N–H and O–H groups in total. The second-order valence-corrected chi connectivity index (χ2v) is 4.84. The Morgan fingerprint density at radius 3 is 2.38 bits per heavy atom. The molecule has 0 aliphatic carbocycles. The molecule has 0 aliphatic heterocycles. The maximum absolute atomic E-state index is 12.1. The van der Waals surface area contributed by atoms with E-state index in [-0.39, 0.29) is 11.8 Å². The van der Waals surface area contributed by atoms with E-state index in [0.717, 1.165) is 17.0 Å². The lowest BCUT2D eigenvalue weighted by atomic mass is 10.0. The van der Waals surface area contributed by atoms with Crippen LogP contribution in [0.15, 0.2) is 30.3 Å². The zero-order valence-electron chi connectivity index (χ0n) is 11.7. The maximum atomic E-state index is 12.1. The van der Waals surface area contributed by atoms with Crippen LogP contribution in [0.1, 0.15) is 23.0 Å². The molecule has 0 bridgehead atoms. The summed E-state index contributed by atoms with van der Waals surface area (Å²) < 4.78 is 41.7. The maximum Gasteiger partial charge on any atom is 0.573 e. The Morgan fingerprint density at radius 2 is 1.90 bits per heavy atom. The third-order valence-corrected chi connectivity index (χ3v) is 3.03. The van der Waals surface area contributed by atoms with E-state index in [1.54, 1.807) is 16.8 Å². The summed E-state index contributed by atoms with van der Waals surface area (Å²) in [6.45, 7) is 1.87. The number of aryl methyl sites for hydroxylation is 2. The second kappa shape index (κ2) is 5.77. The Balaban J connectivity index is 2.05. The number of benzene rings is 1. The van der Waals surface area contributed by atoms with Gasteiger partial charge < -0.3 is 10.5 Å². The van der Waals surface area contributed by atoms with Crippen LogP contribution in [0.3, 0.4) is 0 Å². The number of nitrogens with zero attached hydrogens (tertiary/aromatic N) is 2. The second-order valence-electron chi connectivity index (χ2n) is 4.84. The molecule has 4 nitrogen and oxygen atoms in total. The first kappa shape index (κ1) is 15.4. The molecule has 7 heteroatoms. The molecule has 1 atom stereocenters. The van der Waals surface area contributed by atoms with Crippen LogP contribution in [0.25, 0.3) is 0 Å². The molecule has 0 amide bonds. The van der Waals surface area contributed by atoms with Gasteiger partial charge in [-0.3, -0.25) is 4.68 Å². The van der Waals surface area contributed by atoms with Crippen molar-refractivity contribution < 1.29 is 17.9 Å². The van der Waals surface area contributed by atoms with Gasteiger partial charge in [0.15, 0.2) is 0 Å². The summed E-state index contributed by atoms with van der Waals surface area (Å²) in [7, 11) is 1.81. The number of hydrogen-bond donors (Lipinski definition) is 1. The standard InChI is InChI=1S/C14H16F3N3O/c1-9-7-13(20(2)19-9)12(18)8-10-3-5-11(6-4-10)21-14(15,16)17/h3-7,12H,8,18H2,1-2H3. The van der Waals surface area contributed by atoms with Crippen LogP contribution in [-0.2, 0) is 13.5 Å². The van der Waals surface area contributed by atoms with Gasteiger partial charge in [-0.2, -0.15) is 5.10 Å². The molecule has 114 valence electrons. The van der Waals surface area contributed by atoms with Gasteiger partial charge >= 0.3 is 6.36 Å². The summed E-state index contributed by atoms with van der Waals surface area (Å²) in [5.74, 6) is -0.240. The Hall–Kier alpha value is -2.02. The number of rotatable bonds is 4. The quantitative estimate of drug-likeness (QED) is 0.944. The Kier molecular flexibility index (Phi) is 4.22. The highest BCUT2D eigenvalue weighted by atomic mass is 19.4. The first-order chi connectivity index (χ1) is 9.74. The van der Waals surface area contributed by atoms with E-state index in [1.807, 2.05) is 20.0 Å². The highest BCUT2D eigenvalue weighted by Crippen LogP contribution is 2.24. The number of hydrogen-bond acceptors (Lipinski definition) is 3. The van der Waals surface area contributed by atoms with Gasteiger partial charge in [0.05, 0.1) is 17.4 Å². The number of aromatic nitrogens is 2. The molecule has 0 saturated carbocycles. The van der Waals surface area contributed by atoms with Gasteiger partial charge in [-0.05, 0) is 37.1 Å². The van der Waals surface area contributed by atoms with Gasteiger partial charge in [0.2, 0.25) is 0 Å². The molecule has 0 radical (unpaired) electrons. The summed E-state index contributed by atoms with van der Waals surface area (Å²) in [6, 6.07) is 7.33. The Morgan fingerprint density at radius 1 is 1.29 bits per heavy atom. The van der Waals surface area contributed by atoms with E-state index in [2.05, 4.69) is 9.84 Å². The van der Waals surface area contributed by atoms with E-state index >= 15 is 0 Å². The first-order valence-electron chi connectivity index (χ1n) is 6.35. The first-order valence-corrected chi connectivity index (χ1v) is 6.35. The lowest BCUT2D eigenvalue weighted by Gasteiger charge is -2.13. The lowest BCUT2D eigenvalue weighted by molar-refractivity contribution is -0.274. The largest absolute Gasteiger partial charge is 0.573 e. The van der Waals surface area contributed by atoms with Crippen LogP contribution in [0, 0.1) is 6.92 Å². The monoisotopic (exact) mass is 299 g/mol. The molecule has 0 aliphatic rings. The van der Waals surface area contributed by atoms with E-state index < -0.39 is 6.36 Å². The number of alkyl halides is 3. The third kappa shape index (κ3) is 4.22. The zero-order chi connectivity index (χ0) is 15.6. The molecular weight excluding hydrogens is 283 g/mol. The molecule has 2 aromatic rings. The number of halogens is 3. The highest BCUT2D eigenvalue weighted by molar-refractivity contribution is 5.29. The van der Waals surface area contributed by atoms with Crippen LogP contribution < -0.4 is 10.5 Å². The van der Waals surface area contributed by atoms with Gasteiger partial charge in [0.1, 0.15) is 5.75 Å². The average molecular weight is 299 g/mol. The van der Waals surface area contributed by atoms with Crippen LogP contribution in [0.5, 0.6) is 5.75 Å². The van der Waals surface area contributed by atoms with Crippen molar-refractivity contribution in [3.63, 3.8) is 0 Å². The normalized spacial score (nSPS) is 13.2. The lowest BCUT2D eigenvalue weighted by Crippen LogP contribution is -2.18. The van der Waals surface area contributed by atoms with Crippen LogP contribution in [0.4, 0.5) is 13.2 Å². The van der Waals surface area contributed by atoms with Gasteiger partial charge in [-0.25, -0.2) is 0 Å². The van der Waals surface area contributed by atoms with Gasteiger partial charge in [0.25, 0.3) is 0 Å².